The minimum absolute atomic E-state index is 0.0895. The maximum Gasteiger partial charge on any atom is 0.319 e. The van der Waals surface area contributed by atoms with E-state index in [1.54, 1.807) is 17.1 Å². The van der Waals surface area contributed by atoms with Crippen LogP contribution in [-0.2, 0) is 10.2 Å². The van der Waals surface area contributed by atoms with Gasteiger partial charge in [-0.15, -0.1) is 5.10 Å². The highest BCUT2D eigenvalue weighted by molar-refractivity contribution is 5.89. The molecule has 1 aromatic heterocycles. The minimum atomic E-state index is -0.213. The summed E-state index contributed by atoms with van der Waals surface area (Å²) < 4.78 is 7.22. The molecular formula is C21H23N5O2. The molecule has 1 saturated heterocycles. The lowest BCUT2D eigenvalue weighted by atomic mass is 9.74. The molecule has 1 fully saturated rings. The Hall–Kier alpha value is -3.19. The van der Waals surface area contributed by atoms with Crippen LogP contribution < -0.4 is 10.6 Å². The molecule has 0 saturated carbocycles. The molecule has 0 aliphatic carbocycles. The Morgan fingerprint density at radius 2 is 1.82 bits per heavy atom. The summed E-state index contributed by atoms with van der Waals surface area (Å²) in [6.07, 6.45) is 5.18. The Morgan fingerprint density at radius 3 is 2.50 bits per heavy atom. The second-order valence-corrected chi connectivity index (χ2v) is 6.96. The van der Waals surface area contributed by atoms with Crippen LogP contribution in [0.1, 0.15) is 18.4 Å². The van der Waals surface area contributed by atoms with Gasteiger partial charge in [0, 0.05) is 30.9 Å². The average Bonchev–Trinajstić information content (AvgIpc) is 3.29. The number of nitrogens with one attached hydrogen (secondary N) is 2. The van der Waals surface area contributed by atoms with Gasteiger partial charge in [-0.1, -0.05) is 35.5 Å². The maximum absolute atomic E-state index is 12.5. The third-order valence-corrected chi connectivity index (χ3v) is 5.24. The van der Waals surface area contributed by atoms with Crippen molar-refractivity contribution in [3.63, 3.8) is 0 Å². The molecule has 1 aliphatic heterocycles. The molecule has 2 N–H and O–H groups in total. The van der Waals surface area contributed by atoms with Crippen LogP contribution in [0.3, 0.4) is 0 Å². The molecule has 0 unspecified atom stereocenters. The van der Waals surface area contributed by atoms with Crippen LogP contribution in [0.2, 0.25) is 0 Å². The number of amides is 2. The summed E-state index contributed by atoms with van der Waals surface area (Å²) in [7, 11) is 0. The molecule has 3 aromatic rings. The van der Waals surface area contributed by atoms with Gasteiger partial charge in [-0.3, -0.25) is 0 Å². The van der Waals surface area contributed by atoms with Crippen LogP contribution in [0, 0.1) is 0 Å². The van der Waals surface area contributed by atoms with Crippen LogP contribution in [0.5, 0.6) is 0 Å². The van der Waals surface area contributed by atoms with Gasteiger partial charge in [0.05, 0.1) is 18.1 Å². The highest BCUT2D eigenvalue weighted by Crippen LogP contribution is 2.34. The van der Waals surface area contributed by atoms with Crippen LogP contribution >= 0.6 is 0 Å². The van der Waals surface area contributed by atoms with Gasteiger partial charge >= 0.3 is 6.03 Å². The monoisotopic (exact) mass is 377 g/mol. The zero-order valence-corrected chi connectivity index (χ0v) is 15.5. The zero-order valence-electron chi connectivity index (χ0n) is 15.5. The Morgan fingerprint density at radius 1 is 1.07 bits per heavy atom. The first-order valence-corrected chi connectivity index (χ1v) is 9.40. The molecule has 7 heteroatoms. The lowest BCUT2D eigenvalue weighted by molar-refractivity contribution is 0.0508. The van der Waals surface area contributed by atoms with Gasteiger partial charge in [0.2, 0.25) is 0 Å². The van der Waals surface area contributed by atoms with Crippen molar-refractivity contribution in [3.8, 4) is 5.69 Å². The minimum Gasteiger partial charge on any atom is -0.381 e. The van der Waals surface area contributed by atoms with Crippen molar-refractivity contribution in [3.05, 3.63) is 72.6 Å². The number of anilines is 1. The molecule has 2 heterocycles. The predicted octanol–water partition coefficient (Wildman–Crippen LogP) is 3.14. The van der Waals surface area contributed by atoms with E-state index in [2.05, 4.69) is 33.1 Å². The molecule has 2 aromatic carbocycles. The number of urea groups is 1. The number of benzene rings is 2. The van der Waals surface area contributed by atoms with Gasteiger partial charge < -0.3 is 15.4 Å². The quantitative estimate of drug-likeness (QED) is 0.716. The van der Waals surface area contributed by atoms with E-state index in [0.717, 1.165) is 24.2 Å². The van der Waals surface area contributed by atoms with E-state index in [4.69, 9.17) is 4.74 Å². The van der Waals surface area contributed by atoms with Crippen molar-refractivity contribution in [2.24, 2.45) is 0 Å². The van der Waals surface area contributed by atoms with E-state index in [0.29, 0.717) is 19.8 Å². The largest absolute Gasteiger partial charge is 0.381 e. The topological polar surface area (TPSA) is 81.1 Å². The van der Waals surface area contributed by atoms with Crippen molar-refractivity contribution in [1.82, 2.24) is 20.3 Å². The first-order chi connectivity index (χ1) is 13.8. The van der Waals surface area contributed by atoms with Gasteiger partial charge in [-0.2, -0.15) is 0 Å². The number of nitrogens with zero attached hydrogens (tertiary/aromatic N) is 3. The first-order valence-electron chi connectivity index (χ1n) is 9.40. The van der Waals surface area contributed by atoms with E-state index in [1.165, 1.54) is 5.56 Å². The normalized spacial score (nSPS) is 15.7. The van der Waals surface area contributed by atoms with Gasteiger partial charge in [-0.05, 0) is 42.7 Å². The number of carbonyl (C=O) groups excluding carboxylic acids is 1. The summed E-state index contributed by atoms with van der Waals surface area (Å²) >= 11 is 0. The van der Waals surface area contributed by atoms with E-state index in [-0.39, 0.29) is 11.4 Å². The number of rotatable bonds is 5. The highest BCUT2D eigenvalue weighted by Gasteiger charge is 2.34. The molecule has 144 valence electrons. The van der Waals surface area contributed by atoms with Crippen LogP contribution in [-0.4, -0.2) is 40.8 Å². The van der Waals surface area contributed by atoms with Crippen molar-refractivity contribution in [1.29, 1.82) is 0 Å². The smallest absolute Gasteiger partial charge is 0.319 e. The molecule has 0 atom stereocenters. The molecule has 0 spiro atoms. The first kappa shape index (κ1) is 18.2. The standard InChI is InChI=1S/C21H23N5O2/c27-20(24-18-6-8-19(9-7-18)26-13-12-23-25-26)22-16-21(10-14-28-15-11-21)17-4-2-1-3-5-17/h1-9,12-13H,10-11,14-16H2,(H2,22,24,27). The SMILES string of the molecule is O=C(NCC1(c2ccccc2)CCOCC1)Nc1ccc(-n2ccnn2)cc1. The Balaban J connectivity index is 1.39. The molecule has 28 heavy (non-hydrogen) atoms. The summed E-state index contributed by atoms with van der Waals surface area (Å²) in [5.74, 6) is 0. The van der Waals surface area contributed by atoms with Gasteiger partial charge in [-0.25, -0.2) is 9.48 Å². The van der Waals surface area contributed by atoms with Crippen molar-refractivity contribution in [2.45, 2.75) is 18.3 Å². The fourth-order valence-electron chi connectivity index (χ4n) is 3.59. The Bertz CT molecular complexity index is 888. The predicted molar refractivity (Wildman–Crippen MR) is 107 cm³/mol. The summed E-state index contributed by atoms with van der Waals surface area (Å²) in [4.78, 5) is 12.5. The van der Waals surface area contributed by atoms with E-state index in [1.807, 2.05) is 42.5 Å². The van der Waals surface area contributed by atoms with Crippen LogP contribution in [0.4, 0.5) is 10.5 Å². The third kappa shape index (κ3) is 4.04. The van der Waals surface area contributed by atoms with E-state index < -0.39 is 0 Å². The summed E-state index contributed by atoms with van der Waals surface area (Å²) in [6, 6.07) is 17.6. The van der Waals surface area contributed by atoms with Crippen molar-refractivity contribution >= 4 is 11.7 Å². The van der Waals surface area contributed by atoms with Crippen molar-refractivity contribution < 1.29 is 9.53 Å². The molecule has 1 aliphatic rings. The summed E-state index contributed by atoms with van der Waals surface area (Å²) in [5, 5.41) is 13.7. The van der Waals surface area contributed by atoms with E-state index >= 15 is 0 Å². The lowest BCUT2D eigenvalue weighted by Gasteiger charge is -2.38. The number of hydrogen-bond donors (Lipinski definition) is 2. The highest BCUT2D eigenvalue weighted by atomic mass is 16.5. The average molecular weight is 377 g/mol. The fourth-order valence-corrected chi connectivity index (χ4v) is 3.59. The molecule has 0 radical (unpaired) electrons. The fraction of sp³-hybridized carbons (Fsp3) is 0.286. The van der Waals surface area contributed by atoms with Gasteiger partial charge in [0.1, 0.15) is 0 Å². The molecule has 2 amide bonds. The Kier molecular flexibility index (Phi) is 5.34. The lowest BCUT2D eigenvalue weighted by Crippen LogP contribution is -2.45. The third-order valence-electron chi connectivity index (χ3n) is 5.24. The second-order valence-electron chi connectivity index (χ2n) is 6.96. The molecule has 7 nitrogen and oxygen atoms in total. The van der Waals surface area contributed by atoms with Gasteiger partial charge in [0.25, 0.3) is 0 Å². The zero-order chi connectivity index (χ0) is 19.2. The van der Waals surface area contributed by atoms with Crippen LogP contribution in [0.15, 0.2) is 67.0 Å². The number of ether oxygens (including phenoxy) is 1. The van der Waals surface area contributed by atoms with Crippen molar-refractivity contribution in [2.75, 3.05) is 25.1 Å². The van der Waals surface area contributed by atoms with Gasteiger partial charge in [0.15, 0.2) is 0 Å². The van der Waals surface area contributed by atoms with Crippen LogP contribution in [0.25, 0.3) is 5.69 Å². The van der Waals surface area contributed by atoms with E-state index in [9.17, 15) is 4.79 Å². The Labute approximate surface area is 163 Å². The summed E-state index contributed by atoms with van der Waals surface area (Å²) in [6.45, 7) is 1.99. The maximum atomic E-state index is 12.5. The number of hydrogen-bond acceptors (Lipinski definition) is 4. The number of carbonyl (C=O) groups is 1. The second kappa shape index (κ2) is 8.22. The summed E-state index contributed by atoms with van der Waals surface area (Å²) in [5.41, 5.74) is 2.76. The number of aromatic nitrogens is 3. The molecule has 0 bridgehead atoms. The molecule has 4 rings (SSSR count). The molecular weight excluding hydrogens is 354 g/mol.